The van der Waals surface area contributed by atoms with E-state index in [1.165, 1.54) is 82.7 Å². The molecule has 0 bridgehead atoms. The Morgan fingerprint density at radius 2 is 0.746 bits per heavy atom. The molecule has 1 heteroatoms. The SMILES string of the molecule is CC1(c2ccccc2)c2ccccc2-c2cccc(N(c3cc(-c4ccccc4)cc(-c4ccccc4)c3)c3ccccc3-c3ccc4c(c3)c(-c3ccccc3)c(-c3ccccc3)c3ccccc34)c21. The Labute approximate surface area is 416 Å². The highest BCUT2D eigenvalue weighted by atomic mass is 15.1. The molecule has 1 aliphatic carbocycles. The van der Waals surface area contributed by atoms with Crippen LogP contribution in [-0.2, 0) is 5.41 Å². The van der Waals surface area contributed by atoms with Crippen LogP contribution in [0.1, 0.15) is 23.6 Å². The molecule has 12 aromatic carbocycles. The zero-order valence-corrected chi connectivity index (χ0v) is 39.5. The zero-order chi connectivity index (χ0) is 47.3. The molecule has 0 spiro atoms. The minimum Gasteiger partial charge on any atom is -0.309 e. The first-order chi connectivity index (χ1) is 35.1. The number of nitrogens with zero attached hydrogens (tertiary/aromatic N) is 1. The number of anilines is 3. The first-order valence-electron chi connectivity index (χ1n) is 24.7. The average molecular weight is 904 g/mol. The molecule has 13 rings (SSSR count). The molecule has 334 valence electrons. The first kappa shape index (κ1) is 42.1. The van der Waals surface area contributed by atoms with Crippen molar-refractivity contribution in [2.24, 2.45) is 0 Å². The fourth-order valence-electron chi connectivity index (χ4n) is 11.7. The summed E-state index contributed by atoms with van der Waals surface area (Å²) in [7, 11) is 0. The van der Waals surface area contributed by atoms with Crippen LogP contribution >= 0.6 is 0 Å². The van der Waals surface area contributed by atoms with Gasteiger partial charge < -0.3 is 4.90 Å². The molecule has 1 unspecified atom stereocenters. The van der Waals surface area contributed by atoms with Crippen LogP contribution < -0.4 is 4.90 Å². The van der Waals surface area contributed by atoms with Gasteiger partial charge >= 0.3 is 0 Å². The van der Waals surface area contributed by atoms with Gasteiger partial charge in [-0.05, 0) is 143 Å². The van der Waals surface area contributed by atoms with Gasteiger partial charge in [-0.15, -0.1) is 0 Å². The van der Waals surface area contributed by atoms with Gasteiger partial charge in [-0.25, -0.2) is 0 Å². The van der Waals surface area contributed by atoms with Gasteiger partial charge in [0.05, 0.1) is 11.4 Å². The van der Waals surface area contributed by atoms with E-state index in [0.717, 1.165) is 39.3 Å². The summed E-state index contributed by atoms with van der Waals surface area (Å²) < 4.78 is 0. The summed E-state index contributed by atoms with van der Waals surface area (Å²) in [4.78, 5) is 2.57. The Balaban J connectivity index is 1.13. The predicted octanol–water partition coefficient (Wildman–Crippen LogP) is 19.1. The zero-order valence-electron chi connectivity index (χ0n) is 39.5. The lowest BCUT2D eigenvalue weighted by molar-refractivity contribution is 0.714. The van der Waals surface area contributed by atoms with Gasteiger partial charge in [0, 0.05) is 16.7 Å². The molecule has 0 aliphatic heterocycles. The van der Waals surface area contributed by atoms with Crippen molar-refractivity contribution in [1.82, 2.24) is 0 Å². The fraction of sp³-hybridized carbons (Fsp3) is 0.0286. The summed E-state index contributed by atoms with van der Waals surface area (Å²) in [6, 6.07) is 103. The summed E-state index contributed by atoms with van der Waals surface area (Å²) in [5.41, 5.74) is 21.1. The highest BCUT2D eigenvalue weighted by Gasteiger charge is 2.43. The summed E-state index contributed by atoms with van der Waals surface area (Å²) in [6.45, 7) is 2.43. The van der Waals surface area contributed by atoms with Crippen molar-refractivity contribution in [3.8, 4) is 66.8 Å². The van der Waals surface area contributed by atoms with E-state index in [0.29, 0.717) is 0 Å². The molecule has 71 heavy (non-hydrogen) atoms. The number of benzene rings is 12. The van der Waals surface area contributed by atoms with Crippen LogP contribution in [-0.4, -0.2) is 0 Å². The highest BCUT2D eigenvalue weighted by Crippen LogP contribution is 2.58. The second-order valence-electron chi connectivity index (χ2n) is 18.9. The summed E-state index contributed by atoms with van der Waals surface area (Å²) in [6.07, 6.45) is 0. The Hall–Kier alpha value is -9.04. The lowest BCUT2D eigenvalue weighted by Crippen LogP contribution is -2.25. The molecule has 0 saturated carbocycles. The number of hydrogen-bond acceptors (Lipinski definition) is 1. The maximum absolute atomic E-state index is 2.57. The van der Waals surface area contributed by atoms with Crippen molar-refractivity contribution in [2.75, 3.05) is 4.90 Å². The van der Waals surface area contributed by atoms with Crippen LogP contribution in [0.2, 0.25) is 0 Å². The average Bonchev–Trinajstić information content (AvgIpc) is 3.72. The van der Waals surface area contributed by atoms with Crippen LogP contribution in [0, 0.1) is 0 Å². The Bertz CT molecular complexity index is 3860. The largest absolute Gasteiger partial charge is 0.309 e. The van der Waals surface area contributed by atoms with Crippen LogP contribution in [0.3, 0.4) is 0 Å². The molecule has 1 nitrogen and oxygen atoms in total. The van der Waals surface area contributed by atoms with Gasteiger partial charge in [-0.3, -0.25) is 0 Å². The van der Waals surface area contributed by atoms with Crippen molar-refractivity contribution >= 4 is 38.6 Å². The third-order valence-corrected chi connectivity index (χ3v) is 14.9. The molecule has 0 heterocycles. The maximum atomic E-state index is 2.57. The van der Waals surface area contributed by atoms with Gasteiger partial charge in [0.25, 0.3) is 0 Å². The van der Waals surface area contributed by atoms with E-state index < -0.39 is 5.41 Å². The third kappa shape index (κ3) is 7.08. The minimum absolute atomic E-state index is 0.460. The number of rotatable bonds is 9. The van der Waals surface area contributed by atoms with Crippen molar-refractivity contribution in [3.63, 3.8) is 0 Å². The number of para-hydroxylation sites is 1. The van der Waals surface area contributed by atoms with E-state index in [2.05, 4.69) is 291 Å². The van der Waals surface area contributed by atoms with Gasteiger partial charge in [0.1, 0.15) is 0 Å². The Morgan fingerprint density at radius 3 is 1.38 bits per heavy atom. The first-order valence-corrected chi connectivity index (χ1v) is 24.7. The van der Waals surface area contributed by atoms with E-state index in [9.17, 15) is 0 Å². The lowest BCUT2D eigenvalue weighted by Gasteiger charge is -2.36. The van der Waals surface area contributed by atoms with E-state index >= 15 is 0 Å². The summed E-state index contributed by atoms with van der Waals surface area (Å²) in [5, 5.41) is 4.95. The van der Waals surface area contributed by atoms with E-state index in [1.54, 1.807) is 0 Å². The van der Waals surface area contributed by atoms with Crippen LogP contribution in [0.25, 0.3) is 88.3 Å². The molecular weight excluding hydrogens is 855 g/mol. The molecule has 0 saturated heterocycles. The Kier molecular flexibility index (Phi) is 10.4. The molecule has 0 radical (unpaired) electrons. The number of fused-ring (bicyclic) bond motifs is 6. The minimum atomic E-state index is -0.460. The molecule has 1 aliphatic rings. The monoisotopic (exact) mass is 903 g/mol. The van der Waals surface area contributed by atoms with Crippen LogP contribution in [0.15, 0.2) is 279 Å². The molecular formula is C70H49N. The molecule has 0 amide bonds. The predicted molar refractivity (Wildman–Crippen MR) is 301 cm³/mol. The second-order valence-corrected chi connectivity index (χ2v) is 18.9. The summed E-state index contributed by atoms with van der Waals surface area (Å²) in [5.74, 6) is 0. The second kappa shape index (κ2) is 17.5. The highest BCUT2D eigenvalue weighted by molar-refractivity contribution is 6.22. The number of hydrogen-bond donors (Lipinski definition) is 0. The van der Waals surface area contributed by atoms with Crippen molar-refractivity contribution < 1.29 is 0 Å². The van der Waals surface area contributed by atoms with Gasteiger partial charge in [0.15, 0.2) is 0 Å². The van der Waals surface area contributed by atoms with Crippen LogP contribution in [0.4, 0.5) is 17.1 Å². The quantitative estimate of drug-likeness (QED) is 0.130. The van der Waals surface area contributed by atoms with Crippen LogP contribution in [0.5, 0.6) is 0 Å². The normalized spacial score (nSPS) is 13.8. The van der Waals surface area contributed by atoms with Gasteiger partial charge in [-0.1, -0.05) is 243 Å². The third-order valence-electron chi connectivity index (χ3n) is 14.9. The standard InChI is InChI=1S/C70H49N/c1-70(55-32-15-6-16-33-55)64-39-21-19-36-60(64)62-38-23-41-66(69(62)70)71(56-45-53(48-24-7-2-8-25-48)44-54(46-56)49-26-9-3-10-27-49)65-40-22-20-34-57(65)52-42-43-59-58-35-17-18-37-61(58)67(50-28-11-4-12-29-50)68(63(59)47-52)51-30-13-5-14-31-51/h2-47H,1H3. The van der Waals surface area contributed by atoms with E-state index in [4.69, 9.17) is 0 Å². The lowest BCUT2D eigenvalue weighted by atomic mass is 9.73. The van der Waals surface area contributed by atoms with Crippen molar-refractivity contribution in [3.05, 3.63) is 296 Å². The molecule has 0 fully saturated rings. The molecule has 0 aromatic heterocycles. The maximum Gasteiger partial charge on any atom is 0.0540 e. The molecule has 1 atom stereocenters. The molecule has 12 aromatic rings. The van der Waals surface area contributed by atoms with E-state index in [-0.39, 0.29) is 0 Å². The molecule has 0 N–H and O–H groups in total. The van der Waals surface area contributed by atoms with Crippen molar-refractivity contribution in [1.29, 1.82) is 0 Å². The van der Waals surface area contributed by atoms with Crippen molar-refractivity contribution in [2.45, 2.75) is 12.3 Å². The topological polar surface area (TPSA) is 3.24 Å². The Morgan fingerprint density at radius 1 is 0.282 bits per heavy atom. The van der Waals surface area contributed by atoms with E-state index in [1.807, 2.05) is 0 Å². The van der Waals surface area contributed by atoms with Gasteiger partial charge in [0.2, 0.25) is 0 Å². The summed E-state index contributed by atoms with van der Waals surface area (Å²) >= 11 is 0. The smallest absolute Gasteiger partial charge is 0.0540 e. The van der Waals surface area contributed by atoms with Gasteiger partial charge in [-0.2, -0.15) is 0 Å². The fourth-order valence-corrected chi connectivity index (χ4v) is 11.7.